The number of aliphatic hydroxyl groups is 1. The molecule has 0 saturated carbocycles. The number of pyridine rings is 1. The lowest BCUT2D eigenvalue weighted by Gasteiger charge is -2.31. The Balaban J connectivity index is 1.44. The van der Waals surface area contributed by atoms with Crippen molar-refractivity contribution in [2.24, 2.45) is 0 Å². The summed E-state index contributed by atoms with van der Waals surface area (Å²) in [4.78, 5) is 24.3. The molecule has 2 aromatic heterocycles. The Morgan fingerprint density at radius 2 is 1.68 bits per heavy atom. The molecule has 0 bridgehead atoms. The molecule has 1 saturated heterocycles. The molecule has 0 radical (unpaired) electrons. The number of benzene rings is 2. The van der Waals surface area contributed by atoms with Crippen molar-refractivity contribution in [1.29, 1.82) is 0 Å². The lowest BCUT2D eigenvalue weighted by Crippen LogP contribution is -2.44. The first-order chi connectivity index (χ1) is 19.6. The second-order valence-corrected chi connectivity index (χ2v) is 13.3. The van der Waals surface area contributed by atoms with Crippen LogP contribution in [0.5, 0.6) is 0 Å². The van der Waals surface area contributed by atoms with E-state index >= 15 is 0 Å². The zero-order valence-electron chi connectivity index (χ0n) is 22.1. The number of aliphatic hydroxyl groups excluding tert-OH is 1. The van der Waals surface area contributed by atoms with E-state index in [2.05, 4.69) is 9.97 Å². The van der Waals surface area contributed by atoms with Gasteiger partial charge in [0.2, 0.25) is 5.95 Å². The fraction of sp³-hybridized carbons (Fsp3) is 0.276. The Labute approximate surface area is 248 Å². The number of sulfonamides is 1. The number of rotatable bonds is 6. The summed E-state index contributed by atoms with van der Waals surface area (Å²) in [5.41, 5.74) is 1.82. The number of hydrogen-bond donors (Lipinski definition) is 1. The summed E-state index contributed by atoms with van der Waals surface area (Å²) in [7, 11) is -4.03. The number of amides is 1. The Bertz CT molecular complexity index is 1700. The average Bonchev–Trinajstić information content (AvgIpc) is 3.48. The molecule has 4 aromatic rings. The van der Waals surface area contributed by atoms with Gasteiger partial charge in [0.25, 0.3) is 15.9 Å². The standard InChI is InChI=1S/C29H27Cl2N5O4S/c1-29(16-19-4-6-20(7-5-19)21-3-2-10-32-17-21)27(38)35(24-14-22(30)13-23(31)15-24)28-33-18-26(36(28)29)41(39,40)34-11-8-25(37)9-12-34/h2-7,10,13-15,17-18,25,37H,8-9,11-12,16H2,1H3/t29-/m1/s1. The van der Waals surface area contributed by atoms with Crippen molar-refractivity contribution in [2.75, 3.05) is 18.0 Å². The van der Waals surface area contributed by atoms with Crippen LogP contribution in [0, 0.1) is 0 Å². The number of anilines is 2. The van der Waals surface area contributed by atoms with Crippen LogP contribution < -0.4 is 4.90 Å². The van der Waals surface area contributed by atoms with Gasteiger partial charge in [-0.3, -0.25) is 14.3 Å². The largest absolute Gasteiger partial charge is 0.393 e. The van der Waals surface area contributed by atoms with Crippen LogP contribution in [0.25, 0.3) is 11.1 Å². The topological polar surface area (TPSA) is 109 Å². The molecule has 0 aliphatic carbocycles. The van der Waals surface area contributed by atoms with Crippen molar-refractivity contribution in [3.8, 4) is 11.1 Å². The minimum atomic E-state index is -4.03. The SMILES string of the molecule is C[C@@]1(Cc2ccc(-c3cccnc3)cc2)C(=O)N(c2cc(Cl)cc(Cl)c2)c2ncc(S(=O)(=O)N3CCC(O)CC3)n21. The number of imidazole rings is 1. The van der Waals surface area contributed by atoms with Crippen molar-refractivity contribution in [2.45, 2.75) is 42.9 Å². The second-order valence-electron chi connectivity index (χ2n) is 10.5. The molecule has 6 rings (SSSR count). The van der Waals surface area contributed by atoms with Gasteiger partial charge >= 0.3 is 0 Å². The molecule has 4 heterocycles. The first kappa shape index (κ1) is 27.9. The molecule has 12 heteroatoms. The Hall–Kier alpha value is -3.28. The summed E-state index contributed by atoms with van der Waals surface area (Å²) in [6.07, 6.45) is 5.13. The highest BCUT2D eigenvalue weighted by molar-refractivity contribution is 7.89. The van der Waals surface area contributed by atoms with E-state index in [1.54, 1.807) is 37.5 Å². The Morgan fingerprint density at radius 1 is 1.00 bits per heavy atom. The third-order valence-electron chi connectivity index (χ3n) is 7.70. The van der Waals surface area contributed by atoms with Crippen molar-refractivity contribution in [3.63, 3.8) is 0 Å². The first-order valence-electron chi connectivity index (χ1n) is 13.1. The van der Waals surface area contributed by atoms with E-state index in [1.807, 2.05) is 36.4 Å². The van der Waals surface area contributed by atoms with E-state index in [9.17, 15) is 18.3 Å². The summed E-state index contributed by atoms with van der Waals surface area (Å²) in [5, 5.41) is 10.5. The molecule has 2 aliphatic rings. The molecule has 0 unspecified atom stereocenters. The maximum atomic E-state index is 14.3. The number of carbonyl (C=O) groups is 1. The second kappa shape index (κ2) is 10.5. The fourth-order valence-electron chi connectivity index (χ4n) is 5.57. The van der Waals surface area contributed by atoms with Gasteiger partial charge in [-0.1, -0.05) is 53.5 Å². The van der Waals surface area contributed by atoms with Gasteiger partial charge in [-0.25, -0.2) is 18.3 Å². The molecule has 2 aliphatic heterocycles. The van der Waals surface area contributed by atoms with Crippen LogP contribution in [0.2, 0.25) is 10.0 Å². The summed E-state index contributed by atoms with van der Waals surface area (Å²) in [6.45, 7) is 2.08. The smallest absolute Gasteiger partial charge is 0.260 e. The van der Waals surface area contributed by atoms with Crippen molar-refractivity contribution >= 4 is 50.8 Å². The first-order valence-corrected chi connectivity index (χ1v) is 15.3. The van der Waals surface area contributed by atoms with E-state index < -0.39 is 21.7 Å². The molecule has 1 N–H and O–H groups in total. The normalized spacial score (nSPS) is 20.0. The molecule has 1 amide bonds. The lowest BCUT2D eigenvalue weighted by atomic mass is 9.91. The van der Waals surface area contributed by atoms with Gasteiger partial charge in [0.1, 0.15) is 5.54 Å². The van der Waals surface area contributed by atoms with Crippen LogP contribution in [0.4, 0.5) is 11.6 Å². The zero-order chi connectivity index (χ0) is 28.9. The number of carbonyl (C=O) groups excluding carboxylic acids is 1. The number of piperidine rings is 1. The maximum absolute atomic E-state index is 14.3. The number of nitrogens with zero attached hydrogens (tertiary/aromatic N) is 5. The van der Waals surface area contributed by atoms with Crippen molar-refractivity contribution < 1.29 is 18.3 Å². The Morgan fingerprint density at radius 3 is 2.32 bits per heavy atom. The summed E-state index contributed by atoms with van der Waals surface area (Å²) >= 11 is 12.6. The van der Waals surface area contributed by atoms with E-state index in [4.69, 9.17) is 23.2 Å². The average molecular weight is 613 g/mol. The molecule has 1 fully saturated rings. The third-order valence-corrected chi connectivity index (χ3v) is 10.00. The van der Waals surface area contributed by atoms with Gasteiger partial charge in [-0.2, -0.15) is 4.31 Å². The summed E-state index contributed by atoms with van der Waals surface area (Å²) < 4.78 is 30.7. The van der Waals surface area contributed by atoms with Gasteiger partial charge in [-0.15, -0.1) is 0 Å². The van der Waals surface area contributed by atoms with E-state index in [0.717, 1.165) is 16.7 Å². The van der Waals surface area contributed by atoms with Crippen LogP contribution in [0.1, 0.15) is 25.3 Å². The highest BCUT2D eigenvalue weighted by Crippen LogP contribution is 2.45. The summed E-state index contributed by atoms with van der Waals surface area (Å²) in [6, 6.07) is 16.3. The Kier molecular flexibility index (Phi) is 7.15. The fourth-order valence-corrected chi connectivity index (χ4v) is 7.74. The number of fused-ring (bicyclic) bond motifs is 1. The zero-order valence-corrected chi connectivity index (χ0v) is 24.4. The monoisotopic (exact) mass is 611 g/mol. The molecule has 41 heavy (non-hydrogen) atoms. The number of hydrogen-bond acceptors (Lipinski definition) is 6. The van der Waals surface area contributed by atoms with Crippen LogP contribution in [0.3, 0.4) is 0 Å². The minimum Gasteiger partial charge on any atom is -0.393 e. The van der Waals surface area contributed by atoms with E-state index in [0.29, 0.717) is 28.6 Å². The molecular weight excluding hydrogens is 585 g/mol. The molecule has 2 aromatic carbocycles. The van der Waals surface area contributed by atoms with Gasteiger partial charge < -0.3 is 5.11 Å². The van der Waals surface area contributed by atoms with Crippen molar-refractivity contribution in [1.82, 2.24) is 18.8 Å². The van der Waals surface area contributed by atoms with Crippen LogP contribution in [-0.2, 0) is 26.8 Å². The lowest BCUT2D eigenvalue weighted by molar-refractivity contribution is -0.124. The van der Waals surface area contributed by atoms with Gasteiger partial charge in [0, 0.05) is 41.9 Å². The number of aromatic nitrogens is 3. The van der Waals surface area contributed by atoms with Gasteiger partial charge in [-0.05, 0) is 60.7 Å². The molecule has 9 nitrogen and oxygen atoms in total. The van der Waals surface area contributed by atoms with Gasteiger partial charge in [0.15, 0.2) is 5.03 Å². The molecule has 0 spiro atoms. The number of halogens is 2. The molecular formula is C29H27Cl2N5O4S. The minimum absolute atomic E-state index is 0.0812. The van der Waals surface area contributed by atoms with Crippen LogP contribution in [-0.4, -0.2) is 57.5 Å². The third kappa shape index (κ3) is 4.93. The predicted molar refractivity (Wildman–Crippen MR) is 157 cm³/mol. The maximum Gasteiger partial charge on any atom is 0.260 e. The predicted octanol–water partition coefficient (Wildman–Crippen LogP) is 5.03. The van der Waals surface area contributed by atoms with Crippen LogP contribution >= 0.6 is 23.2 Å². The van der Waals surface area contributed by atoms with Gasteiger partial charge in [0.05, 0.1) is 18.0 Å². The van der Waals surface area contributed by atoms with E-state index in [1.165, 1.54) is 20.0 Å². The molecule has 212 valence electrons. The van der Waals surface area contributed by atoms with Crippen LogP contribution in [0.15, 0.2) is 78.2 Å². The van der Waals surface area contributed by atoms with Crippen molar-refractivity contribution in [3.05, 3.63) is 88.8 Å². The quantitative estimate of drug-likeness (QED) is 0.327. The highest BCUT2D eigenvalue weighted by atomic mass is 35.5. The highest BCUT2D eigenvalue weighted by Gasteiger charge is 2.52. The molecule has 1 atom stereocenters. The summed E-state index contributed by atoms with van der Waals surface area (Å²) in [5.74, 6) is -0.195. The van der Waals surface area contributed by atoms with E-state index in [-0.39, 0.29) is 36.4 Å².